The number of aromatic nitrogens is 2. The SMILES string of the molecule is CCC(C)NC(=O)CCNC(=O)c1ccc(-n2nc(C)c(CCC(=O)OC)c2C)cc1. The molecule has 0 fully saturated rings. The van der Waals surface area contributed by atoms with E-state index in [0.717, 1.165) is 29.1 Å². The molecule has 0 radical (unpaired) electrons. The highest BCUT2D eigenvalue weighted by Crippen LogP contribution is 2.20. The molecule has 0 aliphatic heterocycles. The van der Waals surface area contributed by atoms with Gasteiger partial charge in [-0.1, -0.05) is 6.92 Å². The molecule has 2 aromatic rings. The topological polar surface area (TPSA) is 102 Å². The molecule has 2 amide bonds. The summed E-state index contributed by atoms with van der Waals surface area (Å²) < 4.78 is 6.52. The summed E-state index contributed by atoms with van der Waals surface area (Å²) in [6.07, 6.45) is 1.98. The molecule has 8 nitrogen and oxygen atoms in total. The molecule has 1 unspecified atom stereocenters. The van der Waals surface area contributed by atoms with Crippen LogP contribution in [0.5, 0.6) is 0 Å². The molecular weight excluding hydrogens is 396 g/mol. The van der Waals surface area contributed by atoms with Gasteiger partial charge in [0.15, 0.2) is 0 Å². The highest BCUT2D eigenvalue weighted by Gasteiger charge is 2.15. The van der Waals surface area contributed by atoms with Gasteiger partial charge in [-0.15, -0.1) is 0 Å². The van der Waals surface area contributed by atoms with Crippen molar-refractivity contribution in [2.24, 2.45) is 0 Å². The van der Waals surface area contributed by atoms with Crippen molar-refractivity contribution in [1.29, 1.82) is 0 Å². The summed E-state index contributed by atoms with van der Waals surface area (Å²) in [5.74, 6) is -0.549. The number of carbonyl (C=O) groups is 3. The summed E-state index contributed by atoms with van der Waals surface area (Å²) in [6, 6.07) is 7.25. The molecule has 1 aromatic heterocycles. The van der Waals surface area contributed by atoms with Crippen LogP contribution in [0, 0.1) is 13.8 Å². The molecule has 0 saturated carbocycles. The molecule has 31 heavy (non-hydrogen) atoms. The number of carbonyl (C=O) groups excluding carboxylic acids is 3. The van der Waals surface area contributed by atoms with Gasteiger partial charge in [-0.2, -0.15) is 5.10 Å². The minimum absolute atomic E-state index is 0.0717. The molecule has 1 atom stereocenters. The lowest BCUT2D eigenvalue weighted by atomic mass is 10.1. The number of hydrogen-bond donors (Lipinski definition) is 2. The lowest BCUT2D eigenvalue weighted by molar-refractivity contribution is -0.140. The van der Waals surface area contributed by atoms with Crippen LogP contribution in [0.1, 0.15) is 60.4 Å². The van der Waals surface area contributed by atoms with Crippen molar-refractivity contribution in [3.63, 3.8) is 0 Å². The number of ether oxygens (including phenoxy) is 1. The molecule has 0 saturated heterocycles. The van der Waals surface area contributed by atoms with Gasteiger partial charge in [0.25, 0.3) is 5.91 Å². The summed E-state index contributed by atoms with van der Waals surface area (Å²) in [7, 11) is 1.38. The Morgan fingerprint density at radius 3 is 2.42 bits per heavy atom. The summed E-state index contributed by atoms with van der Waals surface area (Å²) in [5, 5.41) is 10.2. The van der Waals surface area contributed by atoms with Gasteiger partial charge < -0.3 is 15.4 Å². The molecule has 0 bridgehead atoms. The van der Waals surface area contributed by atoms with Gasteiger partial charge in [0.1, 0.15) is 0 Å². The highest BCUT2D eigenvalue weighted by molar-refractivity contribution is 5.94. The molecule has 0 aliphatic carbocycles. The van der Waals surface area contributed by atoms with Gasteiger partial charge in [0.2, 0.25) is 5.91 Å². The van der Waals surface area contributed by atoms with Crippen LogP contribution in [0.2, 0.25) is 0 Å². The third-order valence-corrected chi connectivity index (χ3v) is 5.28. The normalized spacial score (nSPS) is 11.6. The van der Waals surface area contributed by atoms with Gasteiger partial charge in [0.05, 0.1) is 18.5 Å². The molecule has 8 heteroatoms. The Hall–Kier alpha value is -3.16. The first-order valence-corrected chi connectivity index (χ1v) is 10.6. The van der Waals surface area contributed by atoms with Gasteiger partial charge in [-0.05, 0) is 63.4 Å². The van der Waals surface area contributed by atoms with Crippen molar-refractivity contribution in [1.82, 2.24) is 20.4 Å². The minimum atomic E-state index is -0.251. The van der Waals surface area contributed by atoms with Crippen LogP contribution in [0.4, 0.5) is 0 Å². The average molecular weight is 429 g/mol. The van der Waals surface area contributed by atoms with Crippen LogP contribution >= 0.6 is 0 Å². The molecule has 1 aromatic carbocycles. The van der Waals surface area contributed by atoms with Crippen LogP contribution < -0.4 is 10.6 Å². The van der Waals surface area contributed by atoms with Crippen LogP contribution in [0.25, 0.3) is 5.69 Å². The van der Waals surface area contributed by atoms with E-state index >= 15 is 0 Å². The Morgan fingerprint density at radius 2 is 1.81 bits per heavy atom. The predicted octanol–water partition coefficient (Wildman–Crippen LogP) is 2.63. The highest BCUT2D eigenvalue weighted by atomic mass is 16.5. The zero-order chi connectivity index (χ0) is 23.0. The van der Waals surface area contributed by atoms with Gasteiger partial charge in [-0.3, -0.25) is 14.4 Å². The van der Waals surface area contributed by atoms with E-state index in [2.05, 4.69) is 15.7 Å². The molecule has 2 N–H and O–H groups in total. The second kappa shape index (κ2) is 11.3. The lowest BCUT2D eigenvalue weighted by Gasteiger charge is -2.11. The number of nitrogens with one attached hydrogen (secondary N) is 2. The van der Waals surface area contributed by atoms with Crippen molar-refractivity contribution in [3.05, 3.63) is 46.8 Å². The van der Waals surface area contributed by atoms with Crippen molar-refractivity contribution < 1.29 is 19.1 Å². The molecule has 2 rings (SSSR count). The van der Waals surface area contributed by atoms with E-state index in [-0.39, 0.29) is 36.8 Å². The Kier molecular flexibility index (Phi) is 8.78. The van der Waals surface area contributed by atoms with E-state index in [1.54, 1.807) is 12.1 Å². The standard InChI is InChI=1S/C23H32N4O4/c1-6-15(2)25-21(28)13-14-24-23(30)18-7-9-19(10-8-18)27-17(4)20(16(3)26-27)11-12-22(29)31-5/h7-10,15H,6,11-14H2,1-5H3,(H,24,30)(H,25,28). The number of rotatable bonds is 10. The van der Waals surface area contributed by atoms with E-state index in [0.29, 0.717) is 18.4 Å². The summed E-state index contributed by atoms with van der Waals surface area (Å²) in [5.41, 5.74) is 4.17. The fourth-order valence-electron chi connectivity index (χ4n) is 3.21. The van der Waals surface area contributed by atoms with Crippen molar-refractivity contribution in [2.45, 2.75) is 59.4 Å². The van der Waals surface area contributed by atoms with Crippen LogP contribution in [0.3, 0.4) is 0 Å². The first-order chi connectivity index (χ1) is 14.8. The summed E-state index contributed by atoms with van der Waals surface area (Å²) in [4.78, 5) is 35.6. The molecule has 1 heterocycles. The lowest BCUT2D eigenvalue weighted by Crippen LogP contribution is -2.35. The Morgan fingerprint density at radius 1 is 1.13 bits per heavy atom. The molecule has 0 spiro atoms. The number of methoxy groups -OCH3 is 1. The van der Waals surface area contributed by atoms with Crippen LogP contribution in [-0.4, -0.2) is 47.3 Å². The fourth-order valence-corrected chi connectivity index (χ4v) is 3.21. The third kappa shape index (κ3) is 6.67. The van der Waals surface area contributed by atoms with Crippen molar-refractivity contribution >= 4 is 17.8 Å². The maximum atomic E-state index is 12.3. The van der Waals surface area contributed by atoms with E-state index in [9.17, 15) is 14.4 Å². The first kappa shape index (κ1) is 24.1. The van der Waals surface area contributed by atoms with E-state index in [1.165, 1.54) is 7.11 Å². The number of benzene rings is 1. The van der Waals surface area contributed by atoms with Gasteiger partial charge in [-0.25, -0.2) is 4.68 Å². The Balaban J connectivity index is 1.98. The number of esters is 1. The molecular formula is C23H32N4O4. The Bertz CT molecular complexity index is 918. The van der Waals surface area contributed by atoms with E-state index in [4.69, 9.17) is 4.74 Å². The van der Waals surface area contributed by atoms with Gasteiger partial charge >= 0.3 is 5.97 Å². The smallest absolute Gasteiger partial charge is 0.305 e. The zero-order valence-electron chi connectivity index (χ0n) is 18.9. The summed E-state index contributed by atoms with van der Waals surface area (Å²) in [6.45, 7) is 8.10. The average Bonchev–Trinajstić information content (AvgIpc) is 3.05. The van der Waals surface area contributed by atoms with Crippen LogP contribution in [0.15, 0.2) is 24.3 Å². The largest absolute Gasteiger partial charge is 0.469 e. The quantitative estimate of drug-likeness (QED) is 0.567. The zero-order valence-corrected chi connectivity index (χ0v) is 18.9. The third-order valence-electron chi connectivity index (χ3n) is 5.28. The van der Waals surface area contributed by atoms with E-state index in [1.807, 2.05) is 44.5 Å². The monoisotopic (exact) mass is 428 g/mol. The second-order valence-corrected chi connectivity index (χ2v) is 7.57. The number of nitrogens with zero attached hydrogens (tertiary/aromatic N) is 2. The molecule has 168 valence electrons. The molecule has 0 aliphatic rings. The summed E-state index contributed by atoms with van der Waals surface area (Å²) >= 11 is 0. The van der Waals surface area contributed by atoms with Gasteiger partial charge in [0, 0.05) is 36.7 Å². The maximum absolute atomic E-state index is 12.3. The predicted molar refractivity (Wildman–Crippen MR) is 118 cm³/mol. The van der Waals surface area contributed by atoms with Crippen molar-refractivity contribution in [3.8, 4) is 5.69 Å². The second-order valence-electron chi connectivity index (χ2n) is 7.57. The maximum Gasteiger partial charge on any atom is 0.305 e. The first-order valence-electron chi connectivity index (χ1n) is 10.6. The van der Waals surface area contributed by atoms with E-state index < -0.39 is 0 Å². The minimum Gasteiger partial charge on any atom is -0.469 e. The van der Waals surface area contributed by atoms with Crippen LogP contribution in [-0.2, 0) is 20.7 Å². The number of aryl methyl sites for hydroxylation is 1. The fraction of sp³-hybridized carbons (Fsp3) is 0.478. The Labute approximate surface area is 183 Å². The van der Waals surface area contributed by atoms with Crippen molar-refractivity contribution in [2.75, 3.05) is 13.7 Å². The number of amides is 2. The number of hydrogen-bond acceptors (Lipinski definition) is 5.